The lowest BCUT2D eigenvalue weighted by Crippen LogP contribution is -1.94. The van der Waals surface area contributed by atoms with Crippen LogP contribution in [0.4, 0.5) is 5.69 Å². The number of hydrogen-bond donors (Lipinski definition) is 1. The van der Waals surface area contributed by atoms with Crippen LogP contribution in [0.3, 0.4) is 0 Å². The van der Waals surface area contributed by atoms with Crippen molar-refractivity contribution in [2.75, 3.05) is 5.73 Å². The van der Waals surface area contributed by atoms with Gasteiger partial charge in [0.15, 0.2) is 0 Å². The highest BCUT2D eigenvalue weighted by Crippen LogP contribution is 2.31. The lowest BCUT2D eigenvalue weighted by atomic mass is 10.1. The Morgan fingerprint density at radius 1 is 1.29 bits per heavy atom. The Morgan fingerprint density at radius 2 is 2.06 bits per heavy atom. The molecule has 0 bridgehead atoms. The van der Waals surface area contributed by atoms with Crippen molar-refractivity contribution >= 4 is 21.6 Å². The molecule has 0 saturated carbocycles. The Hall–Kier alpha value is -1.55. The van der Waals surface area contributed by atoms with Crippen molar-refractivity contribution in [1.82, 2.24) is 4.98 Å². The van der Waals surface area contributed by atoms with E-state index in [2.05, 4.69) is 20.9 Å². The zero-order valence-corrected chi connectivity index (χ0v) is 11.3. The van der Waals surface area contributed by atoms with Crippen LogP contribution in [0, 0.1) is 13.8 Å². The van der Waals surface area contributed by atoms with Crippen molar-refractivity contribution in [3.63, 3.8) is 0 Å². The van der Waals surface area contributed by atoms with Gasteiger partial charge in [0, 0.05) is 0 Å². The van der Waals surface area contributed by atoms with E-state index in [-0.39, 0.29) is 0 Å². The largest absolute Gasteiger partial charge is 0.438 e. The van der Waals surface area contributed by atoms with E-state index >= 15 is 0 Å². The van der Waals surface area contributed by atoms with Crippen molar-refractivity contribution < 1.29 is 4.74 Å². The van der Waals surface area contributed by atoms with Crippen LogP contribution in [0.2, 0.25) is 0 Å². The Bertz CT molecular complexity index is 555. The van der Waals surface area contributed by atoms with E-state index in [1.54, 1.807) is 12.3 Å². The maximum atomic E-state index is 5.76. The molecule has 0 saturated heterocycles. The molecule has 2 N–H and O–H groups in total. The summed E-state index contributed by atoms with van der Waals surface area (Å²) in [5.41, 5.74) is 8.53. The molecule has 2 aromatic rings. The van der Waals surface area contributed by atoms with Crippen LogP contribution in [-0.4, -0.2) is 4.98 Å². The Morgan fingerprint density at radius 3 is 2.76 bits per heavy atom. The Balaban J connectivity index is 2.35. The van der Waals surface area contributed by atoms with Gasteiger partial charge in [-0.25, -0.2) is 4.98 Å². The molecule has 1 heterocycles. The van der Waals surface area contributed by atoms with Crippen molar-refractivity contribution in [3.8, 4) is 11.6 Å². The molecule has 0 aliphatic rings. The molecule has 0 aliphatic carbocycles. The van der Waals surface area contributed by atoms with Gasteiger partial charge in [0.1, 0.15) is 5.75 Å². The summed E-state index contributed by atoms with van der Waals surface area (Å²) in [7, 11) is 0. The van der Waals surface area contributed by atoms with Crippen LogP contribution < -0.4 is 10.5 Å². The first-order chi connectivity index (χ1) is 8.08. The molecule has 4 heteroatoms. The van der Waals surface area contributed by atoms with E-state index in [1.807, 2.05) is 32.0 Å². The lowest BCUT2D eigenvalue weighted by Gasteiger charge is -2.10. The molecule has 0 unspecified atom stereocenters. The van der Waals surface area contributed by atoms with Gasteiger partial charge < -0.3 is 10.5 Å². The summed E-state index contributed by atoms with van der Waals surface area (Å²) in [6.07, 6.45) is 1.57. The van der Waals surface area contributed by atoms with Crippen LogP contribution in [-0.2, 0) is 0 Å². The summed E-state index contributed by atoms with van der Waals surface area (Å²) in [5.74, 6) is 1.33. The molecule has 2 rings (SSSR count). The zero-order valence-electron chi connectivity index (χ0n) is 9.70. The third kappa shape index (κ3) is 2.58. The normalized spacial score (nSPS) is 10.3. The summed E-state index contributed by atoms with van der Waals surface area (Å²) in [6, 6.07) is 7.71. The number of anilines is 1. The van der Waals surface area contributed by atoms with E-state index in [0.29, 0.717) is 11.6 Å². The molecule has 1 aromatic heterocycles. The molecule has 88 valence electrons. The van der Waals surface area contributed by atoms with E-state index in [9.17, 15) is 0 Å². The van der Waals surface area contributed by atoms with Gasteiger partial charge in [0.2, 0.25) is 5.88 Å². The molecule has 17 heavy (non-hydrogen) atoms. The molecule has 0 fully saturated rings. The highest BCUT2D eigenvalue weighted by Gasteiger charge is 2.07. The Kier molecular flexibility index (Phi) is 3.33. The number of nitrogen functional groups attached to an aromatic ring is 1. The van der Waals surface area contributed by atoms with Crippen molar-refractivity contribution in [3.05, 3.63) is 46.1 Å². The van der Waals surface area contributed by atoms with Crippen LogP contribution in [0.25, 0.3) is 0 Å². The SMILES string of the molecule is Cc1cccc(Oc2ncc(N)cc2Br)c1C. The van der Waals surface area contributed by atoms with Gasteiger partial charge >= 0.3 is 0 Å². The summed E-state index contributed by atoms with van der Waals surface area (Å²) in [4.78, 5) is 4.15. The molecular weight excluding hydrogens is 280 g/mol. The maximum absolute atomic E-state index is 5.76. The number of rotatable bonds is 2. The smallest absolute Gasteiger partial charge is 0.233 e. The van der Waals surface area contributed by atoms with Gasteiger partial charge in [-0.05, 0) is 53.0 Å². The molecule has 0 radical (unpaired) electrons. The second-order valence-corrected chi connectivity index (χ2v) is 4.71. The summed E-state index contributed by atoms with van der Waals surface area (Å²) in [6.45, 7) is 4.07. The summed E-state index contributed by atoms with van der Waals surface area (Å²) < 4.78 is 6.51. The van der Waals surface area contributed by atoms with E-state index < -0.39 is 0 Å². The number of nitrogens with zero attached hydrogens (tertiary/aromatic N) is 1. The van der Waals surface area contributed by atoms with E-state index in [0.717, 1.165) is 15.8 Å². The number of pyridine rings is 1. The van der Waals surface area contributed by atoms with Gasteiger partial charge in [0.05, 0.1) is 16.4 Å². The highest BCUT2D eigenvalue weighted by molar-refractivity contribution is 9.10. The number of halogens is 1. The minimum atomic E-state index is 0.521. The number of hydrogen-bond acceptors (Lipinski definition) is 3. The minimum absolute atomic E-state index is 0.521. The fraction of sp³-hybridized carbons (Fsp3) is 0.154. The number of aryl methyl sites for hydroxylation is 1. The van der Waals surface area contributed by atoms with Gasteiger partial charge in [-0.2, -0.15) is 0 Å². The van der Waals surface area contributed by atoms with Crippen molar-refractivity contribution in [2.24, 2.45) is 0 Å². The number of nitrogens with two attached hydrogens (primary N) is 1. The Labute approximate surface area is 109 Å². The molecule has 0 atom stereocenters. The predicted octanol–water partition coefficient (Wildman–Crippen LogP) is 3.84. The molecular formula is C13H13BrN2O. The van der Waals surface area contributed by atoms with Gasteiger partial charge in [0.25, 0.3) is 0 Å². The first kappa shape index (κ1) is 11.9. The fourth-order valence-corrected chi connectivity index (χ4v) is 1.90. The number of aromatic nitrogens is 1. The van der Waals surface area contributed by atoms with E-state index in [4.69, 9.17) is 10.5 Å². The van der Waals surface area contributed by atoms with Gasteiger partial charge in [-0.15, -0.1) is 0 Å². The van der Waals surface area contributed by atoms with Crippen LogP contribution in [0.1, 0.15) is 11.1 Å². The van der Waals surface area contributed by atoms with Gasteiger partial charge in [-0.3, -0.25) is 0 Å². The number of benzene rings is 1. The predicted molar refractivity (Wildman–Crippen MR) is 72.3 cm³/mol. The van der Waals surface area contributed by atoms with Crippen LogP contribution in [0.5, 0.6) is 11.6 Å². The fourth-order valence-electron chi connectivity index (χ4n) is 1.45. The molecule has 3 nitrogen and oxygen atoms in total. The maximum Gasteiger partial charge on any atom is 0.233 e. The molecule has 0 aliphatic heterocycles. The van der Waals surface area contributed by atoms with Crippen LogP contribution in [0.15, 0.2) is 34.9 Å². The average molecular weight is 293 g/mol. The average Bonchev–Trinajstić information content (AvgIpc) is 2.28. The molecule has 0 spiro atoms. The van der Waals surface area contributed by atoms with E-state index in [1.165, 1.54) is 5.56 Å². The van der Waals surface area contributed by atoms with Crippen molar-refractivity contribution in [1.29, 1.82) is 0 Å². The quantitative estimate of drug-likeness (QED) is 0.915. The van der Waals surface area contributed by atoms with Crippen LogP contribution >= 0.6 is 15.9 Å². The number of ether oxygens (including phenoxy) is 1. The summed E-state index contributed by atoms with van der Waals surface area (Å²) >= 11 is 3.38. The topological polar surface area (TPSA) is 48.1 Å². The second kappa shape index (κ2) is 4.75. The first-order valence-corrected chi connectivity index (χ1v) is 6.02. The lowest BCUT2D eigenvalue weighted by molar-refractivity contribution is 0.456. The second-order valence-electron chi connectivity index (χ2n) is 3.86. The highest BCUT2D eigenvalue weighted by atomic mass is 79.9. The third-order valence-electron chi connectivity index (χ3n) is 2.59. The molecule has 1 aromatic carbocycles. The summed E-state index contributed by atoms with van der Waals surface area (Å²) in [5, 5.41) is 0. The van der Waals surface area contributed by atoms with Crippen molar-refractivity contribution in [2.45, 2.75) is 13.8 Å². The minimum Gasteiger partial charge on any atom is -0.438 e. The molecule has 0 amide bonds. The van der Waals surface area contributed by atoms with Gasteiger partial charge in [-0.1, -0.05) is 12.1 Å². The third-order valence-corrected chi connectivity index (χ3v) is 3.16. The zero-order chi connectivity index (χ0) is 12.4. The monoisotopic (exact) mass is 292 g/mol. The first-order valence-electron chi connectivity index (χ1n) is 5.23. The standard InChI is InChI=1S/C13H13BrN2O/c1-8-4-3-5-12(9(8)2)17-13-11(14)6-10(15)7-16-13/h3-7H,15H2,1-2H3.